The second-order valence-corrected chi connectivity index (χ2v) is 9.95. The summed E-state index contributed by atoms with van der Waals surface area (Å²) in [5, 5.41) is 2.82. The maximum atomic E-state index is 13.4. The number of nitrogens with one attached hydrogen (secondary N) is 1. The maximum absolute atomic E-state index is 13.4. The summed E-state index contributed by atoms with van der Waals surface area (Å²) in [5.41, 5.74) is 1.18. The van der Waals surface area contributed by atoms with Crippen molar-refractivity contribution in [2.75, 3.05) is 23.7 Å². The van der Waals surface area contributed by atoms with Crippen molar-refractivity contribution < 1.29 is 22.7 Å². The van der Waals surface area contributed by atoms with E-state index in [1.165, 1.54) is 4.90 Å². The molecule has 0 saturated heterocycles. The summed E-state index contributed by atoms with van der Waals surface area (Å²) >= 11 is 0. The summed E-state index contributed by atoms with van der Waals surface area (Å²) in [6, 6.07) is 14.9. The predicted octanol–water partition coefficient (Wildman–Crippen LogP) is 2.79. The Morgan fingerprint density at radius 1 is 1.00 bits per heavy atom. The highest BCUT2D eigenvalue weighted by Gasteiger charge is 2.30. The van der Waals surface area contributed by atoms with Gasteiger partial charge in [0.05, 0.1) is 18.6 Å². The maximum Gasteiger partial charge on any atom is 0.244 e. The van der Waals surface area contributed by atoms with Crippen LogP contribution in [0.2, 0.25) is 0 Å². The molecular weight excluding hydrogens is 442 g/mol. The average molecular weight is 476 g/mol. The number of nitrogens with zero attached hydrogens (tertiary/aromatic N) is 2. The predicted molar refractivity (Wildman–Crippen MR) is 130 cm³/mol. The first-order valence-electron chi connectivity index (χ1n) is 10.9. The van der Waals surface area contributed by atoms with Crippen LogP contribution in [0.25, 0.3) is 0 Å². The van der Waals surface area contributed by atoms with E-state index in [1.807, 2.05) is 51.1 Å². The molecule has 0 aliphatic heterocycles. The van der Waals surface area contributed by atoms with Crippen molar-refractivity contribution in [3.8, 4) is 5.75 Å². The molecule has 0 unspecified atom stereocenters. The van der Waals surface area contributed by atoms with Crippen LogP contribution in [-0.4, -0.2) is 56.6 Å². The number of benzene rings is 2. The highest BCUT2D eigenvalue weighted by atomic mass is 32.2. The van der Waals surface area contributed by atoms with Gasteiger partial charge in [0.2, 0.25) is 21.8 Å². The number of sulfonamides is 1. The molecule has 0 aliphatic rings. The summed E-state index contributed by atoms with van der Waals surface area (Å²) in [6.45, 7) is 7.40. The van der Waals surface area contributed by atoms with Crippen molar-refractivity contribution in [2.24, 2.45) is 0 Å². The van der Waals surface area contributed by atoms with Gasteiger partial charge in [0.15, 0.2) is 0 Å². The van der Waals surface area contributed by atoms with Crippen molar-refractivity contribution in [1.29, 1.82) is 0 Å². The Balaban J connectivity index is 2.34. The zero-order chi connectivity index (χ0) is 24.6. The van der Waals surface area contributed by atoms with Crippen LogP contribution in [-0.2, 0) is 26.2 Å². The number of hydrogen-bond acceptors (Lipinski definition) is 5. The van der Waals surface area contributed by atoms with Crippen LogP contribution in [0, 0.1) is 0 Å². The van der Waals surface area contributed by atoms with Crippen LogP contribution in [0.3, 0.4) is 0 Å². The highest BCUT2D eigenvalue weighted by Crippen LogP contribution is 2.22. The average Bonchev–Trinajstić information content (AvgIpc) is 2.75. The minimum Gasteiger partial charge on any atom is -0.494 e. The molecule has 8 nitrogen and oxygen atoms in total. The van der Waals surface area contributed by atoms with Crippen LogP contribution >= 0.6 is 0 Å². The Morgan fingerprint density at radius 3 is 2.12 bits per heavy atom. The molecule has 9 heteroatoms. The molecule has 0 radical (unpaired) electrons. The van der Waals surface area contributed by atoms with Crippen LogP contribution in [0.5, 0.6) is 5.75 Å². The molecule has 2 aromatic carbocycles. The molecule has 2 aromatic rings. The van der Waals surface area contributed by atoms with Gasteiger partial charge in [0.1, 0.15) is 18.3 Å². The fourth-order valence-corrected chi connectivity index (χ4v) is 4.11. The monoisotopic (exact) mass is 475 g/mol. The van der Waals surface area contributed by atoms with Gasteiger partial charge < -0.3 is 15.0 Å². The number of hydrogen-bond donors (Lipinski definition) is 1. The SMILES string of the molecule is CCOc1ccc(N(CC(=O)N(Cc2ccccc2)[C@H](C)C(=O)NC(C)C)S(C)(=O)=O)cc1. The van der Waals surface area contributed by atoms with Crippen LogP contribution in [0.15, 0.2) is 54.6 Å². The van der Waals surface area contributed by atoms with Gasteiger partial charge in [-0.15, -0.1) is 0 Å². The number of carbonyl (C=O) groups is 2. The van der Waals surface area contributed by atoms with E-state index in [-0.39, 0.29) is 18.5 Å². The van der Waals surface area contributed by atoms with Gasteiger partial charge >= 0.3 is 0 Å². The largest absolute Gasteiger partial charge is 0.494 e. The van der Waals surface area contributed by atoms with Gasteiger partial charge in [0, 0.05) is 12.6 Å². The highest BCUT2D eigenvalue weighted by molar-refractivity contribution is 7.92. The lowest BCUT2D eigenvalue weighted by Gasteiger charge is -2.32. The topological polar surface area (TPSA) is 96.0 Å². The van der Waals surface area contributed by atoms with Crippen molar-refractivity contribution >= 4 is 27.5 Å². The Kier molecular flexibility index (Phi) is 9.28. The summed E-state index contributed by atoms with van der Waals surface area (Å²) in [6.07, 6.45) is 1.05. The summed E-state index contributed by atoms with van der Waals surface area (Å²) in [5.74, 6) is -0.184. The van der Waals surface area contributed by atoms with E-state index in [2.05, 4.69) is 5.32 Å². The van der Waals surface area contributed by atoms with E-state index in [1.54, 1.807) is 31.2 Å². The molecule has 2 amide bonds. The molecule has 180 valence electrons. The first kappa shape index (κ1) is 26.2. The molecule has 0 aliphatic carbocycles. The Morgan fingerprint density at radius 2 is 1.61 bits per heavy atom. The standard InChI is InChI=1S/C24H33N3O5S/c1-6-32-22-14-12-21(13-15-22)27(33(5,30)31)17-23(28)26(16-20-10-8-7-9-11-20)19(4)24(29)25-18(2)3/h7-15,18-19H,6,16-17H2,1-5H3,(H,25,29)/t19-/m1/s1. The summed E-state index contributed by atoms with van der Waals surface area (Å²) in [7, 11) is -3.77. The van der Waals surface area contributed by atoms with Crippen LogP contribution in [0.4, 0.5) is 5.69 Å². The van der Waals surface area contributed by atoms with E-state index in [0.29, 0.717) is 18.0 Å². The lowest BCUT2D eigenvalue weighted by molar-refractivity contribution is -0.139. The first-order chi connectivity index (χ1) is 15.5. The molecule has 0 heterocycles. The second kappa shape index (κ2) is 11.7. The van der Waals surface area contributed by atoms with Gasteiger partial charge in [-0.25, -0.2) is 8.42 Å². The Bertz CT molecular complexity index is 1020. The molecule has 2 rings (SSSR count). The van der Waals surface area contributed by atoms with E-state index in [0.717, 1.165) is 16.1 Å². The molecule has 1 N–H and O–H groups in total. The van der Waals surface area contributed by atoms with E-state index < -0.39 is 28.5 Å². The lowest BCUT2D eigenvalue weighted by atomic mass is 10.1. The van der Waals surface area contributed by atoms with Crippen molar-refractivity contribution in [3.63, 3.8) is 0 Å². The molecule has 0 bridgehead atoms. The number of carbonyl (C=O) groups excluding carboxylic acids is 2. The first-order valence-corrected chi connectivity index (χ1v) is 12.7. The molecule has 0 fully saturated rings. The molecule has 0 saturated carbocycles. The summed E-state index contributed by atoms with van der Waals surface area (Å²) in [4.78, 5) is 27.5. The molecule has 1 atom stereocenters. The van der Waals surface area contributed by atoms with E-state index >= 15 is 0 Å². The molecular formula is C24H33N3O5S. The van der Waals surface area contributed by atoms with Gasteiger partial charge in [-0.1, -0.05) is 30.3 Å². The van der Waals surface area contributed by atoms with Crippen molar-refractivity contribution in [3.05, 3.63) is 60.2 Å². The van der Waals surface area contributed by atoms with Crippen LogP contribution in [0.1, 0.15) is 33.3 Å². The quantitative estimate of drug-likeness (QED) is 0.539. The molecule has 33 heavy (non-hydrogen) atoms. The van der Waals surface area contributed by atoms with Crippen molar-refractivity contribution in [1.82, 2.24) is 10.2 Å². The summed E-state index contributed by atoms with van der Waals surface area (Å²) < 4.78 is 31.6. The second-order valence-electron chi connectivity index (χ2n) is 8.04. The molecule has 0 aromatic heterocycles. The van der Waals surface area contributed by atoms with Crippen LogP contribution < -0.4 is 14.4 Å². The zero-order valence-corrected chi connectivity index (χ0v) is 20.6. The fraction of sp³-hybridized carbons (Fsp3) is 0.417. The third-order valence-corrected chi connectivity index (χ3v) is 6.05. The van der Waals surface area contributed by atoms with Gasteiger partial charge in [-0.3, -0.25) is 13.9 Å². The zero-order valence-electron chi connectivity index (χ0n) is 19.8. The third kappa shape index (κ3) is 7.78. The number of rotatable bonds is 11. The fourth-order valence-electron chi connectivity index (χ4n) is 3.26. The number of amides is 2. The van der Waals surface area contributed by atoms with Gasteiger partial charge in [-0.2, -0.15) is 0 Å². The smallest absolute Gasteiger partial charge is 0.244 e. The minimum atomic E-state index is -3.77. The van der Waals surface area contributed by atoms with Gasteiger partial charge in [0.25, 0.3) is 0 Å². The third-order valence-electron chi connectivity index (χ3n) is 4.91. The Labute approximate surface area is 196 Å². The van der Waals surface area contributed by atoms with E-state index in [4.69, 9.17) is 4.74 Å². The molecule has 0 spiro atoms. The lowest BCUT2D eigenvalue weighted by Crippen LogP contribution is -2.52. The Hall–Kier alpha value is -3.07. The van der Waals surface area contributed by atoms with E-state index in [9.17, 15) is 18.0 Å². The minimum absolute atomic E-state index is 0.0926. The van der Waals surface area contributed by atoms with Crippen molar-refractivity contribution in [2.45, 2.75) is 46.3 Å². The number of anilines is 1. The number of ether oxygens (including phenoxy) is 1. The van der Waals surface area contributed by atoms with Gasteiger partial charge in [-0.05, 0) is 57.5 Å². The normalized spacial score (nSPS) is 12.2.